The second-order valence-corrected chi connectivity index (χ2v) is 5.81. The van der Waals surface area contributed by atoms with Crippen LogP contribution in [0.2, 0.25) is 0 Å². The minimum atomic E-state index is -0.204. The van der Waals surface area contributed by atoms with Gasteiger partial charge in [-0.3, -0.25) is 4.79 Å². The van der Waals surface area contributed by atoms with E-state index in [4.69, 9.17) is 4.42 Å². The molecule has 23 heavy (non-hydrogen) atoms. The standard InChI is InChI=1S/C19H14BrNO2/c20-15-6-8-16(9-7-15)21-19(22)13-11-17-10-12-18(23-17)14-4-2-1-3-5-14/h1-13H,(H,21,22). The molecule has 0 saturated carbocycles. The van der Waals surface area contributed by atoms with Gasteiger partial charge in [-0.25, -0.2) is 0 Å². The first-order valence-electron chi connectivity index (χ1n) is 7.10. The predicted molar refractivity (Wildman–Crippen MR) is 95.9 cm³/mol. The molecule has 3 aromatic rings. The fourth-order valence-corrected chi connectivity index (χ4v) is 2.34. The molecule has 0 aliphatic rings. The van der Waals surface area contributed by atoms with E-state index in [-0.39, 0.29) is 5.91 Å². The number of anilines is 1. The molecule has 0 atom stereocenters. The zero-order valence-corrected chi connectivity index (χ0v) is 13.8. The minimum Gasteiger partial charge on any atom is -0.457 e. The summed E-state index contributed by atoms with van der Waals surface area (Å²) in [6.45, 7) is 0. The van der Waals surface area contributed by atoms with Crippen molar-refractivity contribution < 1.29 is 9.21 Å². The molecule has 0 aliphatic heterocycles. The first-order valence-corrected chi connectivity index (χ1v) is 7.90. The van der Waals surface area contributed by atoms with Gasteiger partial charge in [-0.1, -0.05) is 46.3 Å². The average Bonchev–Trinajstić information content (AvgIpc) is 3.05. The summed E-state index contributed by atoms with van der Waals surface area (Å²) in [4.78, 5) is 11.9. The minimum absolute atomic E-state index is 0.204. The maximum atomic E-state index is 11.9. The Bertz CT molecular complexity index is 820. The third kappa shape index (κ3) is 4.20. The van der Waals surface area contributed by atoms with Crippen molar-refractivity contribution in [2.24, 2.45) is 0 Å². The lowest BCUT2D eigenvalue weighted by atomic mass is 10.2. The number of rotatable bonds is 4. The number of carbonyl (C=O) groups excluding carboxylic acids is 1. The van der Waals surface area contributed by atoms with Crippen molar-refractivity contribution in [2.45, 2.75) is 0 Å². The van der Waals surface area contributed by atoms with Crippen LogP contribution in [-0.2, 0) is 4.79 Å². The lowest BCUT2D eigenvalue weighted by Crippen LogP contribution is -2.07. The molecular weight excluding hydrogens is 354 g/mol. The van der Waals surface area contributed by atoms with E-state index in [1.165, 1.54) is 6.08 Å². The number of amides is 1. The third-order valence-electron chi connectivity index (χ3n) is 3.20. The van der Waals surface area contributed by atoms with Crippen molar-refractivity contribution in [3.8, 4) is 11.3 Å². The van der Waals surface area contributed by atoms with E-state index in [0.29, 0.717) is 5.76 Å². The molecule has 0 bridgehead atoms. The van der Waals surface area contributed by atoms with Gasteiger partial charge in [0.15, 0.2) is 0 Å². The summed E-state index contributed by atoms with van der Waals surface area (Å²) in [7, 11) is 0. The van der Waals surface area contributed by atoms with E-state index < -0.39 is 0 Å². The van der Waals surface area contributed by atoms with Gasteiger partial charge in [0.25, 0.3) is 0 Å². The van der Waals surface area contributed by atoms with Gasteiger partial charge < -0.3 is 9.73 Å². The number of carbonyl (C=O) groups is 1. The molecule has 0 radical (unpaired) electrons. The summed E-state index contributed by atoms with van der Waals surface area (Å²) in [6.07, 6.45) is 3.11. The largest absolute Gasteiger partial charge is 0.457 e. The Hall–Kier alpha value is -2.59. The molecule has 2 aromatic carbocycles. The van der Waals surface area contributed by atoms with Gasteiger partial charge in [0.05, 0.1) is 0 Å². The molecule has 0 aliphatic carbocycles. The lowest BCUT2D eigenvalue weighted by molar-refractivity contribution is -0.111. The molecule has 1 heterocycles. The number of halogens is 1. The fraction of sp³-hybridized carbons (Fsp3) is 0. The maximum absolute atomic E-state index is 11.9. The van der Waals surface area contributed by atoms with Crippen LogP contribution in [0.3, 0.4) is 0 Å². The Labute approximate surface area is 142 Å². The van der Waals surface area contributed by atoms with Crippen LogP contribution >= 0.6 is 15.9 Å². The van der Waals surface area contributed by atoms with Crippen LogP contribution in [0.15, 0.2) is 81.7 Å². The van der Waals surface area contributed by atoms with E-state index in [9.17, 15) is 4.79 Å². The quantitative estimate of drug-likeness (QED) is 0.630. The van der Waals surface area contributed by atoms with E-state index in [2.05, 4.69) is 21.2 Å². The van der Waals surface area contributed by atoms with Crippen molar-refractivity contribution in [2.75, 3.05) is 5.32 Å². The van der Waals surface area contributed by atoms with Gasteiger partial charge in [0.1, 0.15) is 11.5 Å². The first kappa shape index (κ1) is 15.3. The molecule has 0 spiro atoms. The zero-order chi connectivity index (χ0) is 16.1. The lowest BCUT2D eigenvalue weighted by Gasteiger charge is -2.01. The normalized spacial score (nSPS) is 10.8. The van der Waals surface area contributed by atoms with Crippen LogP contribution in [0.25, 0.3) is 17.4 Å². The topological polar surface area (TPSA) is 42.2 Å². The molecule has 0 unspecified atom stereocenters. The molecule has 1 amide bonds. The van der Waals surface area contributed by atoms with Crippen LogP contribution in [0, 0.1) is 0 Å². The van der Waals surface area contributed by atoms with Crippen molar-refractivity contribution in [3.05, 3.63) is 83.0 Å². The molecule has 3 rings (SSSR count). The van der Waals surface area contributed by atoms with Gasteiger partial charge in [0.2, 0.25) is 5.91 Å². The van der Waals surface area contributed by atoms with Gasteiger partial charge >= 0.3 is 0 Å². The highest BCUT2D eigenvalue weighted by atomic mass is 79.9. The van der Waals surface area contributed by atoms with Crippen LogP contribution in [-0.4, -0.2) is 5.91 Å². The second kappa shape index (κ2) is 7.11. The number of benzene rings is 2. The van der Waals surface area contributed by atoms with Crippen LogP contribution in [0.5, 0.6) is 0 Å². The summed E-state index contributed by atoms with van der Waals surface area (Å²) in [6, 6.07) is 21.0. The second-order valence-electron chi connectivity index (χ2n) is 4.90. The van der Waals surface area contributed by atoms with Crippen LogP contribution in [0.1, 0.15) is 5.76 Å². The van der Waals surface area contributed by atoms with Crippen molar-refractivity contribution >= 4 is 33.6 Å². The van der Waals surface area contributed by atoms with Crippen molar-refractivity contribution in [3.63, 3.8) is 0 Å². The molecule has 1 aromatic heterocycles. The van der Waals surface area contributed by atoms with Crippen LogP contribution < -0.4 is 5.32 Å². The summed E-state index contributed by atoms with van der Waals surface area (Å²) in [5, 5.41) is 2.79. The Kier molecular flexibility index (Phi) is 4.74. The van der Waals surface area contributed by atoms with E-state index in [0.717, 1.165) is 21.5 Å². The Morgan fingerprint density at radius 3 is 2.43 bits per heavy atom. The number of hydrogen-bond acceptors (Lipinski definition) is 2. The van der Waals surface area contributed by atoms with E-state index >= 15 is 0 Å². The molecule has 0 saturated heterocycles. The summed E-state index contributed by atoms with van der Waals surface area (Å²) in [5.41, 5.74) is 1.75. The van der Waals surface area contributed by atoms with Crippen molar-refractivity contribution in [1.29, 1.82) is 0 Å². The number of hydrogen-bond donors (Lipinski definition) is 1. The Morgan fingerprint density at radius 1 is 0.957 bits per heavy atom. The predicted octanol–water partition coefficient (Wildman–Crippen LogP) is 5.36. The SMILES string of the molecule is O=C(C=Cc1ccc(-c2ccccc2)o1)Nc1ccc(Br)cc1. The molecular formula is C19H14BrNO2. The van der Waals surface area contributed by atoms with E-state index in [1.807, 2.05) is 66.7 Å². The summed E-state index contributed by atoms with van der Waals surface area (Å²) in [5.74, 6) is 1.21. The number of nitrogens with one attached hydrogen (secondary N) is 1. The Balaban J connectivity index is 1.65. The van der Waals surface area contributed by atoms with Gasteiger partial charge in [-0.2, -0.15) is 0 Å². The third-order valence-corrected chi connectivity index (χ3v) is 3.72. The van der Waals surface area contributed by atoms with Crippen LogP contribution in [0.4, 0.5) is 5.69 Å². The monoisotopic (exact) mass is 367 g/mol. The van der Waals surface area contributed by atoms with Gasteiger partial charge in [0, 0.05) is 21.8 Å². The van der Waals surface area contributed by atoms with Gasteiger partial charge in [-0.15, -0.1) is 0 Å². The molecule has 3 nitrogen and oxygen atoms in total. The molecule has 4 heteroatoms. The summed E-state index contributed by atoms with van der Waals surface area (Å²) < 4.78 is 6.68. The first-order chi connectivity index (χ1) is 11.2. The Morgan fingerprint density at radius 2 is 1.70 bits per heavy atom. The average molecular weight is 368 g/mol. The molecule has 1 N–H and O–H groups in total. The zero-order valence-electron chi connectivity index (χ0n) is 12.2. The van der Waals surface area contributed by atoms with E-state index in [1.54, 1.807) is 6.08 Å². The highest BCUT2D eigenvalue weighted by Crippen LogP contribution is 2.22. The molecule has 0 fully saturated rings. The fourth-order valence-electron chi connectivity index (χ4n) is 2.07. The maximum Gasteiger partial charge on any atom is 0.248 e. The smallest absolute Gasteiger partial charge is 0.248 e. The number of furan rings is 1. The summed E-state index contributed by atoms with van der Waals surface area (Å²) >= 11 is 3.36. The molecule has 114 valence electrons. The highest BCUT2D eigenvalue weighted by Gasteiger charge is 2.03. The van der Waals surface area contributed by atoms with Gasteiger partial charge in [-0.05, 0) is 42.5 Å². The highest BCUT2D eigenvalue weighted by molar-refractivity contribution is 9.10. The van der Waals surface area contributed by atoms with Crippen molar-refractivity contribution in [1.82, 2.24) is 0 Å².